The van der Waals surface area contributed by atoms with Gasteiger partial charge in [0.2, 0.25) is 0 Å². The Hall–Kier alpha value is -3.02. The minimum atomic E-state index is -0.855. The highest BCUT2D eigenvalue weighted by Crippen LogP contribution is 2.20. The van der Waals surface area contributed by atoms with Gasteiger partial charge >= 0.3 is 0 Å². The number of ether oxygens (including phenoxy) is 1. The van der Waals surface area contributed by atoms with Crippen LogP contribution < -0.4 is 5.32 Å². The van der Waals surface area contributed by atoms with Crippen molar-refractivity contribution in [2.45, 2.75) is 12.1 Å². The number of amides is 1. The van der Waals surface area contributed by atoms with Gasteiger partial charge in [-0.1, -0.05) is 42.5 Å². The van der Waals surface area contributed by atoms with Gasteiger partial charge in [-0.25, -0.2) is 0 Å². The maximum atomic E-state index is 12.6. The molecule has 0 saturated heterocycles. The first-order valence-corrected chi connectivity index (χ1v) is 8.72. The Morgan fingerprint density at radius 3 is 2.26 bits per heavy atom. The largest absolute Gasteiger partial charge is 0.386 e. The molecule has 1 amide bonds. The zero-order valence-electron chi connectivity index (χ0n) is 15.1. The average Bonchev–Trinajstić information content (AvgIpc) is 2.74. The Bertz CT molecular complexity index is 852. The van der Waals surface area contributed by atoms with Crippen molar-refractivity contribution in [1.29, 1.82) is 0 Å². The molecule has 1 aromatic heterocycles. The van der Waals surface area contributed by atoms with Crippen LogP contribution in [0.3, 0.4) is 0 Å². The molecule has 2 N–H and O–H groups in total. The summed E-state index contributed by atoms with van der Waals surface area (Å²) in [5, 5.41) is 13.5. The van der Waals surface area contributed by atoms with Crippen LogP contribution >= 0.6 is 0 Å². The number of nitrogens with zero attached hydrogens (tertiary/aromatic N) is 1. The molecule has 0 saturated carbocycles. The summed E-state index contributed by atoms with van der Waals surface area (Å²) >= 11 is 0. The lowest BCUT2D eigenvalue weighted by Crippen LogP contribution is -2.42. The normalized spacial score (nSPS) is 13.0. The van der Waals surface area contributed by atoms with Gasteiger partial charge in [0.1, 0.15) is 6.10 Å². The molecule has 0 aliphatic rings. The van der Waals surface area contributed by atoms with Gasteiger partial charge in [-0.3, -0.25) is 9.78 Å². The standard InChI is InChI=1S/C22H22N2O3/c1-27-15-20(21(25)18-5-3-2-4-6-18)24-22(26)19-9-7-16(8-10-19)17-11-13-23-14-12-17/h2-14,20-21,25H,15H2,1H3,(H,24,26). The number of aliphatic hydroxyl groups excluding tert-OH is 1. The molecule has 2 unspecified atom stereocenters. The van der Waals surface area contributed by atoms with E-state index >= 15 is 0 Å². The smallest absolute Gasteiger partial charge is 0.251 e. The first-order valence-electron chi connectivity index (χ1n) is 8.72. The van der Waals surface area contributed by atoms with Gasteiger partial charge in [-0.2, -0.15) is 0 Å². The molecule has 0 aliphatic carbocycles. The number of carbonyl (C=O) groups excluding carboxylic acids is 1. The fourth-order valence-corrected chi connectivity index (χ4v) is 2.88. The summed E-state index contributed by atoms with van der Waals surface area (Å²) in [5.74, 6) is -0.256. The summed E-state index contributed by atoms with van der Waals surface area (Å²) < 4.78 is 5.18. The van der Waals surface area contributed by atoms with E-state index in [4.69, 9.17) is 4.74 Å². The highest BCUT2D eigenvalue weighted by atomic mass is 16.5. The first kappa shape index (κ1) is 18.8. The van der Waals surface area contributed by atoms with Crippen molar-refractivity contribution in [2.24, 2.45) is 0 Å². The molecule has 1 heterocycles. The maximum absolute atomic E-state index is 12.6. The Balaban J connectivity index is 1.72. The number of aromatic nitrogens is 1. The first-order chi connectivity index (χ1) is 13.2. The maximum Gasteiger partial charge on any atom is 0.251 e. The zero-order valence-corrected chi connectivity index (χ0v) is 15.1. The van der Waals surface area contributed by atoms with Crippen LogP contribution in [0.25, 0.3) is 11.1 Å². The Labute approximate surface area is 158 Å². The quantitative estimate of drug-likeness (QED) is 0.677. The van der Waals surface area contributed by atoms with E-state index in [-0.39, 0.29) is 12.5 Å². The monoisotopic (exact) mass is 362 g/mol. The molecule has 3 rings (SSSR count). The minimum Gasteiger partial charge on any atom is -0.386 e. The molecule has 0 aliphatic heterocycles. The van der Waals surface area contributed by atoms with Gasteiger partial charge in [0.15, 0.2) is 0 Å². The Morgan fingerprint density at radius 1 is 1.00 bits per heavy atom. The molecule has 0 radical (unpaired) electrons. The van der Waals surface area contributed by atoms with E-state index < -0.39 is 12.1 Å². The molecule has 2 aromatic carbocycles. The van der Waals surface area contributed by atoms with Gasteiger partial charge in [0.25, 0.3) is 5.91 Å². The van der Waals surface area contributed by atoms with Crippen LogP contribution in [-0.2, 0) is 4.74 Å². The predicted molar refractivity (Wildman–Crippen MR) is 104 cm³/mol. The van der Waals surface area contributed by atoms with Crippen molar-refractivity contribution in [3.05, 3.63) is 90.3 Å². The molecule has 3 aromatic rings. The summed E-state index contributed by atoms with van der Waals surface area (Å²) in [5.41, 5.74) is 3.29. The number of methoxy groups -OCH3 is 1. The van der Waals surface area contributed by atoms with Crippen molar-refractivity contribution in [1.82, 2.24) is 10.3 Å². The second-order valence-electron chi connectivity index (χ2n) is 6.20. The van der Waals surface area contributed by atoms with E-state index in [0.29, 0.717) is 5.56 Å². The van der Waals surface area contributed by atoms with E-state index in [0.717, 1.165) is 16.7 Å². The lowest BCUT2D eigenvalue weighted by Gasteiger charge is -2.24. The number of aliphatic hydroxyl groups is 1. The number of hydrogen-bond acceptors (Lipinski definition) is 4. The van der Waals surface area contributed by atoms with Crippen LogP contribution in [0.2, 0.25) is 0 Å². The number of benzene rings is 2. The van der Waals surface area contributed by atoms with Crippen LogP contribution in [-0.4, -0.2) is 35.8 Å². The summed E-state index contributed by atoms with van der Waals surface area (Å²) in [6.45, 7) is 0.205. The van der Waals surface area contributed by atoms with Crippen LogP contribution in [0.1, 0.15) is 22.0 Å². The summed E-state index contributed by atoms with van der Waals surface area (Å²) in [6, 6.07) is 19.8. The number of rotatable bonds is 7. The summed E-state index contributed by atoms with van der Waals surface area (Å²) in [4.78, 5) is 16.6. The van der Waals surface area contributed by atoms with Crippen LogP contribution in [0.4, 0.5) is 0 Å². The molecule has 2 atom stereocenters. The third-order valence-electron chi connectivity index (χ3n) is 4.35. The predicted octanol–water partition coefficient (Wildman–Crippen LogP) is 3.23. The van der Waals surface area contributed by atoms with Crippen LogP contribution in [0.5, 0.6) is 0 Å². The minimum absolute atomic E-state index is 0.205. The number of carbonyl (C=O) groups is 1. The molecule has 5 heteroatoms. The van der Waals surface area contributed by atoms with E-state index in [2.05, 4.69) is 10.3 Å². The molecule has 5 nitrogen and oxygen atoms in total. The molecule has 0 bridgehead atoms. The van der Waals surface area contributed by atoms with Crippen molar-refractivity contribution in [3.8, 4) is 11.1 Å². The fourth-order valence-electron chi connectivity index (χ4n) is 2.88. The molecule has 0 fully saturated rings. The molecule has 27 heavy (non-hydrogen) atoms. The summed E-state index contributed by atoms with van der Waals surface area (Å²) in [7, 11) is 1.54. The van der Waals surface area contributed by atoms with Gasteiger partial charge in [0, 0.05) is 25.1 Å². The number of hydrogen-bond donors (Lipinski definition) is 2. The zero-order chi connectivity index (χ0) is 19.1. The highest BCUT2D eigenvalue weighted by molar-refractivity contribution is 5.95. The SMILES string of the molecule is COCC(NC(=O)c1ccc(-c2ccncc2)cc1)C(O)c1ccccc1. The van der Waals surface area contributed by atoms with Gasteiger partial charge in [-0.15, -0.1) is 0 Å². The van der Waals surface area contributed by atoms with Crippen LogP contribution in [0, 0.1) is 0 Å². The van der Waals surface area contributed by atoms with Gasteiger partial charge < -0.3 is 15.2 Å². The van der Waals surface area contributed by atoms with E-state index in [9.17, 15) is 9.90 Å². The lowest BCUT2D eigenvalue weighted by atomic mass is 10.0. The van der Waals surface area contributed by atoms with E-state index in [1.165, 1.54) is 0 Å². The third-order valence-corrected chi connectivity index (χ3v) is 4.35. The Kier molecular flexibility index (Phi) is 6.30. The number of pyridine rings is 1. The van der Waals surface area contributed by atoms with Crippen molar-refractivity contribution >= 4 is 5.91 Å². The fraction of sp³-hybridized carbons (Fsp3) is 0.182. The number of nitrogens with one attached hydrogen (secondary N) is 1. The van der Waals surface area contributed by atoms with E-state index in [1.54, 1.807) is 31.6 Å². The molecule has 138 valence electrons. The third kappa shape index (κ3) is 4.78. The molecular formula is C22H22N2O3. The average molecular weight is 362 g/mol. The van der Waals surface area contributed by atoms with E-state index in [1.807, 2.05) is 54.6 Å². The summed E-state index contributed by atoms with van der Waals surface area (Å²) in [6.07, 6.45) is 2.61. The highest BCUT2D eigenvalue weighted by Gasteiger charge is 2.23. The van der Waals surface area contributed by atoms with Gasteiger partial charge in [-0.05, 0) is 41.0 Å². The molecule has 0 spiro atoms. The topological polar surface area (TPSA) is 71.5 Å². The van der Waals surface area contributed by atoms with Crippen molar-refractivity contribution < 1.29 is 14.6 Å². The van der Waals surface area contributed by atoms with Crippen molar-refractivity contribution in [3.63, 3.8) is 0 Å². The lowest BCUT2D eigenvalue weighted by molar-refractivity contribution is 0.0594. The second kappa shape index (κ2) is 9.07. The molecular weight excluding hydrogens is 340 g/mol. The van der Waals surface area contributed by atoms with Crippen molar-refractivity contribution in [2.75, 3.05) is 13.7 Å². The van der Waals surface area contributed by atoms with Crippen LogP contribution in [0.15, 0.2) is 79.1 Å². The second-order valence-corrected chi connectivity index (χ2v) is 6.20. The van der Waals surface area contributed by atoms with Gasteiger partial charge in [0.05, 0.1) is 12.6 Å². The Morgan fingerprint density at radius 2 is 1.63 bits per heavy atom.